The van der Waals surface area contributed by atoms with E-state index in [1.54, 1.807) is 20.1 Å². The summed E-state index contributed by atoms with van der Waals surface area (Å²) in [5.74, 6) is 0.931. The van der Waals surface area contributed by atoms with E-state index in [1.807, 2.05) is 42.1 Å². The summed E-state index contributed by atoms with van der Waals surface area (Å²) in [5.41, 5.74) is 11.6. The first-order valence-corrected chi connectivity index (χ1v) is 11.2. The van der Waals surface area contributed by atoms with Gasteiger partial charge in [0.15, 0.2) is 0 Å². The minimum Gasteiger partial charge on any atom is -0.497 e. The minimum atomic E-state index is -0.298. The molecule has 0 fully saturated rings. The molecule has 4 aromatic rings. The number of hydrogen-bond donors (Lipinski definition) is 1. The molecule has 3 aromatic carbocycles. The van der Waals surface area contributed by atoms with E-state index in [0.29, 0.717) is 24.7 Å². The molecule has 0 amide bonds. The Morgan fingerprint density at radius 3 is 2.65 bits per heavy atom. The predicted molar refractivity (Wildman–Crippen MR) is 132 cm³/mol. The number of ether oxygens (including phenoxy) is 3. The van der Waals surface area contributed by atoms with Crippen molar-refractivity contribution in [3.8, 4) is 22.6 Å². The number of nitrogens with zero attached hydrogens (tertiary/aromatic N) is 2. The SMILES string of the molecule is CCOC(=O)Cc1ccc(OC)cc1OCc1c2cc(-c3cccc(CN)c3)ccc2nn1C. The number of hydrogen-bond acceptors (Lipinski definition) is 6. The molecule has 0 aliphatic rings. The summed E-state index contributed by atoms with van der Waals surface area (Å²) in [5, 5.41) is 5.65. The lowest BCUT2D eigenvalue weighted by Gasteiger charge is -2.13. The third-order valence-corrected chi connectivity index (χ3v) is 5.73. The second-order valence-corrected chi connectivity index (χ2v) is 7.95. The lowest BCUT2D eigenvalue weighted by Crippen LogP contribution is -2.10. The number of benzene rings is 3. The molecule has 0 spiro atoms. The van der Waals surface area contributed by atoms with E-state index in [1.165, 1.54) is 0 Å². The van der Waals surface area contributed by atoms with Gasteiger partial charge in [-0.3, -0.25) is 9.48 Å². The fourth-order valence-corrected chi connectivity index (χ4v) is 3.94. The normalized spacial score (nSPS) is 10.9. The molecule has 0 saturated heterocycles. The number of methoxy groups -OCH3 is 1. The number of aryl methyl sites for hydroxylation is 1. The smallest absolute Gasteiger partial charge is 0.310 e. The van der Waals surface area contributed by atoms with Crippen LogP contribution >= 0.6 is 0 Å². The molecule has 0 bridgehead atoms. The standard InChI is InChI=1S/C27H29N3O4/c1-4-33-27(31)14-21-8-10-22(32-3)15-26(21)34-17-25-23-13-20(9-11-24(23)29-30(25)2)19-7-5-6-18(12-19)16-28/h5-13,15H,4,14,16-17,28H2,1-3H3. The Balaban J connectivity index is 1.65. The van der Waals surface area contributed by atoms with Gasteiger partial charge < -0.3 is 19.9 Å². The van der Waals surface area contributed by atoms with Crippen LogP contribution in [0.15, 0.2) is 60.7 Å². The molecule has 4 rings (SSSR count). The Kier molecular flexibility index (Phi) is 7.13. The molecule has 7 heteroatoms. The molecule has 1 heterocycles. The van der Waals surface area contributed by atoms with Crippen LogP contribution in [-0.2, 0) is 36.2 Å². The van der Waals surface area contributed by atoms with Gasteiger partial charge in [-0.25, -0.2) is 0 Å². The molecule has 0 unspecified atom stereocenters. The highest BCUT2D eigenvalue weighted by atomic mass is 16.5. The lowest BCUT2D eigenvalue weighted by atomic mass is 10.0. The summed E-state index contributed by atoms with van der Waals surface area (Å²) in [4.78, 5) is 12.1. The van der Waals surface area contributed by atoms with Crippen LogP contribution in [0.4, 0.5) is 0 Å². The zero-order valence-electron chi connectivity index (χ0n) is 19.7. The summed E-state index contributed by atoms with van der Waals surface area (Å²) in [6.07, 6.45) is 0.126. The van der Waals surface area contributed by atoms with Crippen molar-refractivity contribution < 1.29 is 19.0 Å². The van der Waals surface area contributed by atoms with E-state index in [9.17, 15) is 4.79 Å². The van der Waals surface area contributed by atoms with Gasteiger partial charge in [-0.1, -0.05) is 30.3 Å². The Morgan fingerprint density at radius 1 is 1.06 bits per heavy atom. The molecular weight excluding hydrogens is 430 g/mol. The van der Waals surface area contributed by atoms with Gasteiger partial charge in [-0.05, 0) is 47.9 Å². The maximum Gasteiger partial charge on any atom is 0.310 e. The number of aromatic nitrogens is 2. The Labute approximate surface area is 199 Å². The second-order valence-electron chi connectivity index (χ2n) is 7.95. The van der Waals surface area contributed by atoms with E-state index < -0.39 is 0 Å². The topological polar surface area (TPSA) is 88.6 Å². The fourth-order valence-electron chi connectivity index (χ4n) is 3.94. The number of rotatable bonds is 9. The van der Waals surface area contributed by atoms with Crippen molar-refractivity contribution >= 4 is 16.9 Å². The number of nitrogens with two attached hydrogens (primary N) is 1. The van der Waals surface area contributed by atoms with Crippen molar-refractivity contribution in [3.63, 3.8) is 0 Å². The third kappa shape index (κ3) is 5.05. The zero-order valence-corrected chi connectivity index (χ0v) is 19.7. The van der Waals surface area contributed by atoms with Crippen LogP contribution in [0.25, 0.3) is 22.0 Å². The molecule has 0 aliphatic heterocycles. The van der Waals surface area contributed by atoms with Gasteiger partial charge in [-0.15, -0.1) is 0 Å². The second kappa shape index (κ2) is 10.4. The average molecular weight is 460 g/mol. The van der Waals surface area contributed by atoms with E-state index in [4.69, 9.17) is 19.9 Å². The lowest BCUT2D eigenvalue weighted by molar-refractivity contribution is -0.142. The van der Waals surface area contributed by atoms with Crippen molar-refractivity contribution in [2.75, 3.05) is 13.7 Å². The van der Waals surface area contributed by atoms with E-state index >= 15 is 0 Å². The highest BCUT2D eigenvalue weighted by molar-refractivity contribution is 5.87. The predicted octanol–water partition coefficient (Wildman–Crippen LogP) is 4.39. The Morgan fingerprint density at radius 2 is 1.88 bits per heavy atom. The van der Waals surface area contributed by atoms with Gasteiger partial charge in [0.05, 0.1) is 31.3 Å². The summed E-state index contributed by atoms with van der Waals surface area (Å²) in [7, 11) is 3.50. The van der Waals surface area contributed by atoms with Crippen molar-refractivity contribution in [2.24, 2.45) is 12.8 Å². The van der Waals surface area contributed by atoms with Crippen molar-refractivity contribution in [2.45, 2.75) is 26.5 Å². The molecular formula is C27H29N3O4. The monoisotopic (exact) mass is 459 g/mol. The first kappa shape index (κ1) is 23.3. The highest BCUT2D eigenvalue weighted by Crippen LogP contribution is 2.30. The number of fused-ring (bicyclic) bond motifs is 1. The van der Waals surface area contributed by atoms with E-state index in [2.05, 4.69) is 29.4 Å². The van der Waals surface area contributed by atoms with Crippen molar-refractivity contribution in [1.29, 1.82) is 0 Å². The summed E-state index contributed by atoms with van der Waals surface area (Å²) >= 11 is 0. The van der Waals surface area contributed by atoms with Gasteiger partial charge in [0.1, 0.15) is 18.1 Å². The maximum atomic E-state index is 12.1. The van der Waals surface area contributed by atoms with Crippen LogP contribution in [0.5, 0.6) is 11.5 Å². The van der Waals surface area contributed by atoms with Gasteiger partial charge in [0.25, 0.3) is 0 Å². The number of carbonyl (C=O) groups excluding carboxylic acids is 1. The first-order chi connectivity index (χ1) is 16.5. The summed E-state index contributed by atoms with van der Waals surface area (Å²) in [6.45, 7) is 2.90. The molecule has 0 atom stereocenters. The first-order valence-electron chi connectivity index (χ1n) is 11.2. The van der Waals surface area contributed by atoms with Gasteiger partial charge in [0, 0.05) is 30.6 Å². The largest absolute Gasteiger partial charge is 0.497 e. The zero-order chi connectivity index (χ0) is 24.1. The molecule has 2 N–H and O–H groups in total. The Hall–Kier alpha value is -3.84. The average Bonchev–Trinajstić information content (AvgIpc) is 3.17. The third-order valence-electron chi connectivity index (χ3n) is 5.73. The molecule has 176 valence electrons. The molecule has 7 nitrogen and oxygen atoms in total. The van der Waals surface area contributed by atoms with Crippen LogP contribution in [0.3, 0.4) is 0 Å². The minimum absolute atomic E-state index is 0.126. The summed E-state index contributed by atoms with van der Waals surface area (Å²) < 4.78 is 18.5. The van der Waals surface area contributed by atoms with E-state index in [-0.39, 0.29) is 19.0 Å². The van der Waals surface area contributed by atoms with Crippen molar-refractivity contribution in [1.82, 2.24) is 9.78 Å². The van der Waals surface area contributed by atoms with Crippen LogP contribution in [0, 0.1) is 0 Å². The van der Waals surface area contributed by atoms with Gasteiger partial charge >= 0.3 is 5.97 Å². The summed E-state index contributed by atoms with van der Waals surface area (Å²) in [6, 6.07) is 19.8. The Bertz CT molecular complexity index is 1310. The molecule has 0 aliphatic carbocycles. The molecule has 0 saturated carbocycles. The molecule has 1 aromatic heterocycles. The van der Waals surface area contributed by atoms with Crippen LogP contribution in [0.2, 0.25) is 0 Å². The number of esters is 1. The van der Waals surface area contributed by atoms with Crippen molar-refractivity contribution in [3.05, 3.63) is 77.5 Å². The quantitative estimate of drug-likeness (QED) is 0.374. The maximum absolute atomic E-state index is 12.1. The number of carbonyl (C=O) groups is 1. The highest BCUT2D eigenvalue weighted by Gasteiger charge is 2.15. The van der Waals surface area contributed by atoms with Crippen LogP contribution < -0.4 is 15.2 Å². The van der Waals surface area contributed by atoms with E-state index in [0.717, 1.165) is 38.9 Å². The van der Waals surface area contributed by atoms with Gasteiger partial charge in [0.2, 0.25) is 0 Å². The van der Waals surface area contributed by atoms with Crippen LogP contribution in [-0.4, -0.2) is 29.5 Å². The van der Waals surface area contributed by atoms with Gasteiger partial charge in [-0.2, -0.15) is 5.10 Å². The molecule has 0 radical (unpaired) electrons. The molecule has 34 heavy (non-hydrogen) atoms. The van der Waals surface area contributed by atoms with Crippen LogP contribution in [0.1, 0.15) is 23.7 Å². The fraction of sp³-hybridized carbons (Fsp3) is 0.259.